The second kappa shape index (κ2) is 9.05. The Labute approximate surface area is 117 Å². The molecule has 114 valence electrons. The third-order valence-electron chi connectivity index (χ3n) is 2.47. The van der Waals surface area contributed by atoms with E-state index in [1.54, 1.807) is 17.9 Å². The molecule has 20 heavy (non-hydrogen) atoms. The van der Waals surface area contributed by atoms with E-state index in [-0.39, 0.29) is 19.1 Å². The van der Waals surface area contributed by atoms with E-state index in [0.717, 1.165) is 0 Å². The number of aliphatic hydroxyl groups excluding tert-OH is 1. The van der Waals surface area contributed by atoms with Gasteiger partial charge in [0.25, 0.3) is 0 Å². The normalized spacial score (nSPS) is 18.6. The van der Waals surface area contributed by atoms with Crippen LogP contribution in [0.4, 0.5) is 0 Å². The van der Waals surface area contributed by atoms with Crippen LogP contribution in [0, 0.1) is 0 Å². The fourth-order valence-corrected chi connectivity index (χ4v) is 1.54. The summed E-state index contributed by atoms with van der Waals surface area (Å²) in [4.78, 5) is 25.8. The van der Waals surface area contributed by atoms with Gasteiger partial charge in [-0.05, 0) is 6.92 Å². The topological polar surface area (TPSA) is 136 Å². The summed E-state index contributed by atoms with van der Waals surface area (Å²) < 4.78 is 0. The van der Waals surface area contributed by atoms with E-state index in [2.05, 4.69) is 17.3 Å². The van der Waals surface area contributed by atoms with Crippen LogP contribution < -0.4 is 5.73 Å². The van der Waals surface area contributed by atoms with E-state index >= 15 is 0 Å². The van der Waals surface area contributed by atoms with E-state index in [1.165, 1.54) is 0 Å². The van der Waals surface area contributed by atoms with E-state index in [0.29, 0.717) is 18.8 Å². The van der Waals surface area contributed by atoms with Gasteiger partial charge in [0.1, 0.15) is 12.4 Å². The van der Waals surface area contributed by atoms with Gasteiger partial charge in [-0.15, -0.1) is 6.58 Å². The molecule has 0 bridgehead atoms. The first kappa shape index (κ1) is 18.1. The molecule has 0 saturated carbocycles. The highest BCUT2D eigenvalue weighted by atomic mass is 16.4. The Hall–Kier alpha value is -1.93. The van der Waals surface area contributed by atoms with Gasteiger partial charge in [-0.2, -0.15) is 0 Å². The van der Waals surface area contributed by atoms with Gasteiger partial charge >= 0.3 is 11.9 Å². The Bertz CT molecular complexity index is 381. The predicted octanol–water partition coefficient (Wildman–Crippen LogP) is -0.860. The maximum absolute atomic E-state index is 10.6. The number of amidine groups is 1. The first-order valence-electron chi connectivity index (χ1n) is 6.06. The van der Waals surface area contributed by atoms with Crippen LogP contribution in [0.2, 0.25) is 0 Å². The van der Waals surface area contributed by atoms with Crippen molar-refractivity contribution in [2.75, 3.05) is 19.6 Å². The number of hydrogen-bond donors (Lipinski definition) is 4. The maximum Gasteiger partial charge on any atom is 0.323 e. The lowest BCUT2D eigenvalue weighted by Gasteiger charge is -2.18. The van der Waals surface area contributed by atoms with Gasteiger partial charge in [0.2, 0.25) is 0 Å². The molecule has 2 unspecified atom stereocenters. The number of carboxylic acids is 2. The molecule has 1 rings (SSSR count). The SMILES string of the molecule is C=CCC1=NC(C(C)O)CN1CC(=O)O.NCC(=O)O. The Morgan fingerprint density at radius 2 is 2.10 bits per heavy atom. The summed E-state index contributed by atoms with van der Waals surface area (Å²) >= 11 is 0. The van der Waals surface area contributed by atoms with E-state index in [4.69, 9.17) is 10.2 Å². The second-order valence-electron chi connectivity index (χ2n) is 4.22. The third-order valence-corrected chi connectivity index (χ3v) is 2.47. The Morgan fingerprint density at radius 1 is 1.55 bits per heavy atom. The first-order chi connectivity index (χ1) is 9.31. The summed E-state index contributed by atoms with van der Waals surface area (Å²) in [6.07, 6.45) is 1.66. The molecular weight excluding hydrogens is 266 g/mol. The first-order valence-corrected chi connectivity index (χ1v) is 6.06. The minimum atomic E-state index is -0.968. The van der Waals surface area contributed by atoms with Crippen LogP contribution in [-0.2, 0) is 9.59 Å². The molecule has 2 atom stereocenters. The molecule has 0 aromatic rings. The molecule has 1 heterocycles. The molecule has 0 aromatic heterocycles. The van der Waals surface area contributed by atoms with Gasteiger partial charge in [0, 0.05) is 13.0 Å². The molecule has 0 aromatic carbocycles. The van der Waals surface area contributed by atoms with Gasteiger partial charge < -0.3 is 26.0 Å². The largest absolute Gasteiger partial charge is 0.480 e. The fraction of sp³-hybridized carbons (Fsp3) is 0.583. The van der Waals surface area contributed by atoms with Crippen LogP contribution in [0.5, 0.6) is 0 Å². The highest BCUT2D eigenvalue weighted by Gasteiger charge is 2.28. The summed E-state index contributed by atoms with van der Waals surface area (Å²) in [7, 11) is 0. The lowest BCUT2D eigenvalue weighted by molar-refractivity contribution is -0.137. The smallest absolute Gasteiger partial charge is 0.323 e. The Morgan fingerprint density at radius 3 is 2.45 bits per heavy atom. The average Bonchev–Trinajstić information content (AvgIpc) is 2.73. The zero-order valence-electron chi connectivity index (χ0n) is 11.4. The Balaban J connectivity index is 0.000000621. The summed E-state index contributed by atoms with van der Waals surface area (Å²) in [6, 6.07) is -0.223. The monoisotopic (exact) mass is 287 g/mol. The number of aliphatic hydroxyl groups is 1. The maximum atomic E-state index is 10.6. The number of nitrogens with zero attached hydrogens (tertiary/aromatic N) is 2. The molecule has 0 spiro atoms. The van der Waals surface area contributed by atoms with Crippen LogP contribution >= 0.6 is 0 Å². The lowest BCUT2D eigenvalue weighted by Crippen LogP contribution is -2.36. The van der Waals surface area contributed by atoms with E-state index < -0.39 is 18.0 Å². The zero-order chi connectivity index (χ0) is 15.7. The highest BCUT2D eigenvalue weighted by molar-refractivity contribution is 5.88. The lowest BCUT2D eigenvalue weighted by atomic mass is 10.2. The number of carbonyl (C=O) groups is 2. The number of nitrogens with two attached hydrogens (primary N) is 1. The minimum absolute atomic E-state index is 0.0735. The van der Waals surface area contributed by atoms with Crippen molar-refractivity contribution in [1.82, 2.24) is 4.90 Å². The van der Waals surface area contributed by atoms with Crippen molar-refractivity contribution in [3.05, 3.63) is 12.7 Å². The van der Waals surface area contributed by atoms with Crippen molar-refractivity contribution in [2.24, 2.45) is 10.7 Å². The fourth-order valence-electron chi connectivity index (χ4n) is 1.54. The zero-order valence-corrected chi connectivity index (χ0v) is 11.4. The summed E-state index contributed by atoms with van der Waals surface area (Å²) in [5.41, 5.74) is 4.57. The van der Waals surface area contributed by atoms with Crippen molar-refractivity contribution in [3.8, 4) is 0 Å². The molecule has 0 radical (unpaired) electrons. The second-order valence-corrected chi connectivity index (χ2v) is 4.22. The number of aliphatic carboxylic acids is 2. The highest BCUT2D eigenvalue weighted by Crippen LogP contribution is 2.14. The van der Waals surface area contributed by atoms with Crippen LogP contribution in [0.1, 0.15) is 13.3 Å². The molecule has 5 N–H and O–H groups in total. The number of aliphatic imine (C=N–C) groups is 1. The van der Waals surface area contributed by atoms with Crippen molar-refractivity contribution in [1.29, 1.82) is 0 Å². The molecule has 0 aliphatic carbocycles. The number of rotatable bonds is 6. The summed E-state index contributed by atoms with van der Waals surface area (Å²) in [6.45, 7) is 5.36. The van der Waals surface area contributed by atoms with Gasteiger partial charge in [-0.25, -0.2) is 0 Å². The molecule has 1 aliphatic rings. The summed E-state index contributed by atoms with van der Waals surface area (Å²) in [5, 5.41) is 25.7. The predicted molar refractivity (Wildman–Crippen MR) is 73.6 cm³/mol. The van der Waals surface area contributed by atoms with Crippen LogP contribution in [0.25, 0.3) is 0 Å². The van der Waals surface area contributed by atoms with Gasteiger partial charge in [-0.3, -0.25) is 14.6 Å². The number of carboxylic acid groups (broad SMARTS) is 2. The van der Waals surface area contributed by atoms with Crippen LogP contribution in [0.15, 0.2) is 17.6 Å². The molecule has 1 aliphatic heterocycles. The molecule has 8 heteroatoms. The van der Waals surface area contributed by atoms with Gasteiger partial charge in [-0.1, -0.05) is 6.08 Å². The van der Waals surface area contributed by atoms with E-state index in [9.17, 15) is 14.7 Å². The van der Waals surface area contributed by atoms with Crippen LogP contribution in [-0.4, -0.2) is 69.8 Å². The Kier molecular flexibility index (Phi) is 8.18. The minimum Gasteiger partial charge on any atom is -0.480 e. The van der Waals surface area contributed by atoms with Crippen molar-refractivity contribution in [2.45, 2.75) is 25.5 Å². The van der Waals surface area contributed by atoms with Crippen molar-refractivity contribution in [3.63, 3.8) is 0 Å². The van der Waals surface area contributed by atoms with Crippen molar-refractivity contribution < 1.29 is 24.9 Å². The molecule has 0 saturated heterocycles. The molecule has 0 fully saturated rings. The molecular formula is C12H21N3O5. The quantitative estimate of drug-likeness (QED) is 0.466. The molecule has 8 nitrogen and oxygen atoms in total. The van der Waals surface area contributed by atoms with Gasteiger partial charge in [0.15, 0.2) is 0 Å². The van der Waals surface area contributed by atoms with Crippen molar-refractivity contribution >= 4 is 17.8 Å². The van der Waals surface area contributed by atoms with E-state index in [1.807, 2.05) is 0 Å². The molecule has 0 amide bonds. The average molecular weight is 287 g/mol. The summed E-state index contributed by atoms with van der Waals surface area (Å²) in [5.74, 6) is -1.17. The standard InChI is InChI=1S/C10H16N2O3.C2H5NO2/c1-3-4-9-11-8(7(2)13)5-12(9)6-10(14)15;3-1-2(4)5/h3,7-8,13H,1,4-6H2,2H3,(H,14,15);1,3H2,(H,4,5). The number of hydrogen-bond acceptors (Lipinski definition) is 6. The van der Waals surface area contributed by atoms with Crippen LogP contribution in [0.3, 0.4) is 0 Å². The van der Waals surface area contributed by atoms with Gasteiger partial charge in [0.05, 0.1) is 18.7 Å². The third kappa shape index (κ3) is 6.86.